The molecule has 0 heterocycles. The molecule has 12 nitrogen and oxygen atoms in total. The fourth-order valence-corrected chi connectivity index (χ4v) is 1.94. The summed E-state index contributed by atoms with van der Waals surface area (Å²) < 4.78 is 20.6. The van der Waals surface area contributed by atoms with Crippen LogP contribution in [0.5, 0.6) is 0 Å². The monoisotopic (exact) mass is 420 g/mol. The van der Waals surface area contributed by atoms with Crippen molar-refractivity contribution in [1.82, 2.24) is 0 Å². The van der Waals surface area contributed by atoms with E-state index in [1.54, 1.807) is 0 Å². The minimum absolute atomic E-state index is 0.0387. The zero-order chi connectivity index (χ0) is 22.1. The van der Waals surface area contributed by atoms with Crippen LogP contribution < -0.4 is 22.9 Å². The Morgan fingerprint density at radius 2 is 0.690 bits per heavy atom. The van der Waals surface area contributed by atoms with Crippen molar-refractivity contribution in [2.45, 2.75) is 25.7 Å². The van der Waals surface area contributed by atoms with Gasteiger partial charge in [0.2, 0.25) is 0 Å². The normalized spacial score (nSPS) is 10.9. The van der Waals surface area contributed by atoms with E-state index in [2.05, 4.69) is 0 Å². The molecule has 8 N–H and O–H groups in total. The fraction of sp³-hybridized carbons (Fsp3) is 0.765. The molecule has 12 heteroatoms. The molecular weight excluding hydrogens is 388 g/mol. The molecule has 0 aliphatic rings. The molecule has 0 fully saturated rings. The van der Waals surface area contributed by atoms with Gasteiger partial charge >= 0.3 is 23.9 Å². The van der Waals surface area contributed by atoms with Gasteiger partial charge in [-0.3, -0.25) is 19.2 Å². The molecule has 0 aliphatic carbocycles. The number of hydrogen-bond acceptors (Lipinski definition) is 12. The lowest BCUT2D eigenvalue weighted by molar-refractivity contribution is -0.170. The van der Waals surface area contributed by atoms with Gasteiger partial charge in [0.05, 0.1) is 25.7 Å². The molecule has 0 radical (unpaired) electrons. The maximum atomic E-state index is 11.7. The van der Waals surface area contributed by atoms with Crippen LogP contribution >= 0.6 is 0 Å². The van der Waals surface area contributed by atoms with Gasteiger partial charge in [-0.15, -0.1) is 0 Å². The lowest BCUT2D eigenvalue weighted by Crippen LogP contribution is -2.44. The summed E-state index contributed by atoms with van der Waals surface area (Å²) in [6.45, 7) is -1.05. The first kappa shape index (κ1) is 26.7. The molecular formula is C17H32N4O8. The SMILES string of the molecule is NCCC(=O)OCC(COC(=O)CCN)(COC(=O)CCN)COC(=O)CCN. The number of nitrogens with two attached hydrogens (primary N) is 4. The topological polar surface area (TPSA) is 209 Å². The largest absolute Gasteiger partial charge is 0.465 e. The van der Waals surface area contributed by atoms with Gasteiger partial charge in [-0.2, -0.15) is 0 Å². The van der Waals surface area contributed by atoms with Crippen LogP contribution in [0.2, 0.25) is 0 Å². The smallest absolute Gasteiger partial charge is 0.307 e. The highest BCUT2D eigenvalue weighted by atomic mass is 16.6. The second kappa shape index (κ2) is 15.6. The predicted octanol–water partition coefficient (Wildman–Crippen LogP) is -2.46. The highest BCUT2D eigenvalue weighted by Crippen LogP contribution is 2.22. The molecule has 29 heavy (non-hydrogen) atoms. The molecule has 0 unspecified atom stereocenters. The van der Waals surface area contributed by atoms with Gasteiger partial charge in [0.25, 0.3) is 0 Å². The minimum atomic E-state index is -1.32. The van der Waals surface area contributed by atoms with E-state index in [9.17, 15) is 19.2 Å². The van der Waals surface area contributed by atoms with E-state index in [-0.39, 0.29) is 78.3 Å². The summed E-state index contributed by atoms with van der Waals surface area (Å²) >= 11 is 0. The van der Waals surface area contributed by atoms with E-state index >= 15 is 0 Å². The number of carbonyl (C=O) groups is 4. The molecule has 0 aliphatic heterocycles. The van der Waals surface area contributed by atoms with Gasteiger partial charge in [-0.05, 0) is 0 Å². The summed E-state index contributed by atoms with van der Waals surface area (Å²) in [7, 11) is 0. The minimum Gasteiger partial charge on any atom is -0.465 e. The first-order valence-electron chi connectivity index (χ1n) is 9.25. The first-order chi connectivity index (χ1) is 13.8. The number of hydrogen-bond donors (Lipinski definition) is 4. The Balaban J connectivity index is 5.35. The summed E-state index contributed by atoms with van der Waals surface area (Å²) in [6.07, 6.45) is -0.155. The third-order valence-corrected chi connectivity index (χ3v) is 3.55. The Hall–Kier alpha value is -2.28. The predicted molar refractivity (Wildman–Crippen MR) is 101 cm³/mol. The van der Waals surface area contributed by atoms with E-state index in [1.165, 1.54) is 0 Å². The van der Waals surface area contributed by atoms with Crippen LogP contribution in [-0.2, 0) is 38.1 Å². The second-order valence-corrected chi connectivity index (χ2v) is 6.30. The molecule has 0 aromatic rings. The van der Waals surface area contributed by atoms with Crippen molar-refractivity contribution in [3.63, 3.8) is 0 Å². The molecule has 168 valence electrons. The molecule has 0 spiro atoms. The van der Waals surface area contributed by atoms with Crippen molar-refractivity contribution >= 4 is 23.9 Å². The summed E-state index contributed by atoms with van der Waals surface area (Å²) in [6, 6.07) is 0. The first-order valence-corrected chi connectivity index (χ1v) is 9.25. The highest BCUT2D eigenvalue weighted by molar-refractivity contribution is 5.71. The molecule has 0 aromatic carbocycles. The van der Waals surface area contributed by atoms with Crippen molar-refractivity contribution in [2.24, 2.45) is 28.3 Å². The summed E-state index contributed by atoms with van der Waals surface area (Å²) in [5.74, 6) is -2.42. The van der Waals surface area contributed by atoms with Crippen LogP contribution in [0.3, 0.4) is 0 Å². The van der Waals surface area contributed by atoms with E-state index in [0.29, 0.717) is 0 Å². The maximum Gasteiger partial charge on any atom is 0.307 e. The Labute approximate surface area is 169 Å². The molecule has 0 rings (SSSR count). The van der Waals surface area contributed by atoms with Crippen molar-refractivity contribution in [3.05, 3.63) is 0 Å². The number of carbonyl (C=O) groups excluding carboxylic acids is 4. The van der Waals surface area contributed by atoms with Gasteiger partial charge in [-0.1, -0.05) is 0 Å². The third-order valence-electron chi connectivity index (χ3n) is 3.55. The Bertz CT molecular complexity index is 436. The fourth-order valence-electron chi connectivity index (χ4n) is 1.94. The van der Waals surface area contributed by atoms with Crippen molar-refractivity contribution in [1.29, 1.82) is 0 Å². The van der Waals surface area contributed by atoms with E-state index < -0.39 is 29.3 Å². The van der Waals surface area contributed by atoms with Gasteiger partial charge in [0.15, 0.2) is 0 Å². The van der Waals surface area contributed by atoms with Crippen LogP contribution in [0.25, 0.3) is 0 Å². The number of esters is 4. The van der Waals surface area contributed by atoms with Crippen LogP contribution in [-0.4, -0.2) is 76.5 Å². The summed E-state index contributed by atoms with van der Waals surface area (Å²) in [4.78, 5) is 46.9. The molecule has 0 saturated carbocycles. The van der Waals surface area contributed by atoms with E-state index in [1.807, 2.05) is 0 Å². The van der Waals surface area contributed by atoms with Crippen molar-refractivity contribution < 1.29 is 38.1 Å². The van der Waals surface area contributed by atoms with E-state index in [0.717, 1.165) is 0 Å². The average Bonchev–Trinajstić information content (AvgIpc) is 2.68. The molecule has 0 atom stereocenters. The van der Waals surface area contributed by atoms with Crippen LogP contribution in [0.1, 0.15) is 25.7 Å². The zero-order valence-corrected chi connectivity index (χ0v) is 16.6. The van der Waals surface area contributed by atoms with Gasteiger partial charge in [0, 0.05) is 26.2 Å². The van der Waals surface area contributed by atoms with Crippen LogP contribution in [0, 0.1) is 5.41 Å². The van der Waals surface area contributed by atoms with E-state index in [4.69, 9.17) is 41.9 Å². The Morgan fingerprint density at radius 3 is 0.862 bits per heavy atom. The molecule has 0 saturated heterocycles. The number of ether oxygens (including phenoxy) is 4. The molecule has 0 bridgehead atoms. The summed E-state index contributed by atoms with van der Waals surface area (Å²) in [5.41, 5.74) is 20.0. The van der Waals surface area contributed by atoms with Gasteiger partial charge < -0.3 is 41.9 Å². The van der Waals surface area contributed by atoms with Gasteiger partial charge in [0.1, 0.15) is 31.8 Å². The lowest BCUT2D eigenvalue weighted by Gasteiger charge is -2.31. The van der Waals surface area contributed by atoms with Crippen LogP contribution in [0.4, 0.5) is 0 Å². The molecule has 0 amide bonds. The second-order valence-electron chi connectivity index (χ2n) is 6.30. The Morgan fingerprint density at radius 1 is 0.483 bits per heavy atom. The van der Waals surface area contributed by atoms with Crippen molar-refractivity contribution in [3.8, 4) is 0 Å². The maximum absolute atomic E-state index is 11.7. The average molecular weight is 420 g/mol. The standard InChI is InChI=1S/C17H32N4O8/c18-5-1-13(22)26-9-17(10-27-14(23)2-6-19,11-28-15(24)3-7-20)12-29-16(25)4-8-21/h1-12,18-21H2. The highest BCUT2D eigenvalue weighted by Gasteiger charge is 2.37. The lowest BCUT2D eigenvalue weighted by atomic mass is 9.92. The van der Waals surface area contributed by atoms with Crippen LogP contribution in [0.15, 0.2) is 0 Å². The third kappa shape index (κ3) is 12.7. The summed E-state index contributed by atoms with van der Waals surface area (Å²) in [5, 5.41) is 0. The van der Waals surface area contributed by atoms with Gasteiger partial charge in [-0.25, -0.2) is 0 Å². The quantitative estimate of drug-likeness (QED) is 0.151. The molecule has 0 aromatic heterocycles. The zero-order valence-electron chi connectivity index (χ0n) is 16.6. The Kier molecular flexibility index (Phi) is 14.4. The number of rotatable bonds is 16. The van der Waals surface area contributed by atoms with Crippen molar-refractivity contribution in [2.75, 3.05) is 52.6 Å².